The molecule has 1 amide bonds. The van der Waals surface area contributed by atoms with Crippen LogP contribution in [0.2, 0.25) is 0 Å². The van der Waals surface area contributed by atoms with Gasteiger partial charge in [0.1, 0.15) is 12.2 Å². The molecule has 7 nitrogen and oxygen atoms in total. The smallest absolute Gasteiger partial charge is 0.307 e. The van der Waals surface area contributed by atoms with Crippen molar-refractivity contribution in [1.82, 2.24) is 24.6 Å². The number of amides is 1. The van der Waals surface area contributed by atoms with Crippen LogP contribution in [0, 0.1) is 6.92 Å². The van der Waals surface area contributed by atoms with Crippen LogP contribution in [-0.4, -0.2) is 37.6 Å². The number of nitrogens with zero attached hydrogens (tertiary/aromatic N) is 4. The molecular weight excluding hydrogens is 278 g/mol. The van der Waals surface area contributed by atoms with E-state index in [1.54, 1.807) is 16.5 Å². The van der Waals surface area contributed by atoms with Crippen LogP contribution in [-0.2, 0) is 17.9 Å². The van der Waals surface area contributed by atoms with Crippen LogP contribution in [0.15, 0.2) is 16.5 Å². The Balaban J connectivity index is 1.79. The third-order valence-electron chi connectivity index (χ3n) is 3.03. The first-order valence-electron chi connectivity index (χ1n) is 6.31. The molecule has 1 N–H and O–H groups in total. The van der Waals surface area contributed by atoms with Gasteiger partial charge in [-0.3, -0.25) is 14.7 Å². The molecule has 2 aromatic heterocycles. The van der Waals surface area contributed by atoms with Crippen molar-refractivity contribution in [2.75, 3.05) is 7.05 Å². The van der Waals surface area contributed by atoms with Crippen LogP contribution in [0.3, 0.4) is 0 Å². The van der Waals surface area contributed by atoms with Gasteiger partial charge in [-0.25, -0.2) is 4.98 Å². The first-order valence-corrected chi connectivity index (χ1v) is 7.19. The lowest BCUT2D eigenvalue weighted by Crippen LogP contribution is -2.27. The van der Waals surface area contributed by atoms with Gasteiger partial charge in [0.2, 0.25) is 5.91 Å². The van der Waals surface area contributed by atoms with Crippen molar-refractivity contribution in [1.29, 1.82) is 0 Å². The molecule has 0 aliphatic heterocycles. The van der Waals surface area contributed by atoms with Crippen LogP contribution in [0.25, 0.3) is 0 Å². The first kappa shape index (κ1) is 14.4. The van der Waals surface area contributed by atoms with Gasteiger partial charge in [-0.05, 0) is 13.3 Å². The summed E-state index contributed by atoms with van der Waals surface area (Å²) in [5, 5.41) is 8.29. The van der Waals surface area contributed by atoms with Crippen molar-refractivity contribution in [3.8, 4) is 0 Å². The van der Waals surface area contributed by atoms with Crippen molar-refractivity contribution in [3.63, 3.8) is 0 Å². The Morgan fingerprint density at radius 3 is 2.95 bits per heavy atom. The van der Waals surface area contributed by atoms with Gasteiger partial charge in [-0.1, -0.05) is 11.3 Å². The summed E-state index contributed by atoms with van der Waals surface area (Å²) < 4.78 is 1.70. The average molecular weight is 295 g/mol. The zero-order chi connectivity index (χ0) is 14.5. The molecule has 0 atom stereocenters. The van der Waals surface area contributed by atoms with Gasteiger partial charge in [0.15, 0.2) is 0 Å². The summed E-state index contributed by atoms with van der Waals surface area (Å²) in [7, 11) is 1.73. The summed E-state index contributed by atoms with van der Waals surface area (Å²) in [5.74, 6) is 0.688. The van der Waals surface area contributed by atoms with Gasteiger partial charge in [-0.15, -0.1) is 0 Å². The number of aryl methyl sites for hydroxylation is 1. The predicted molar refractivity (Wildman–Crippen MR) is 75.4 cm³/mol. The molecule has 0 aliphatic carbocycles. The highest BCUT2D eigenvalue weighted by Gasteiger charge is 2.11. The Bertz CT molecular complexity index is 616. The third kappa shape index (κ3) is 3.53. The minimum Gasteiger partial charge on any atom is -0.338 e. The lowest BCUT2D eigenvalue weighted by atomic mass is 10.2. The maximum absolute atomic E-state index is 11.9. The minimum absolute atomic E-state index is 0.0299. The van der Waals surface area contributed by atoms with Gasteiger partial charge in [-0.2, -0.15) is 5.10 Å². The van der Waals surface area contributed by atoms with Gasteiger partial charge < -0.3 is 9.47 Å². The molecule has 0 radical (unpaired) electrons. The summed E-state index contributed by atoms with van der Waals surface area (Å²) in [4.78, 5) is 29.1. The largest absolute Gasteiger partial charge is 0.338 e. The van der Waals surface area contributed by atoms with Crippen LogP contribution in [0.1, 0.15) is 24.4 Å². The molecule has 0 saturated carbocycles. The van der Waals surface area contributed by atoms with E-state index in [1.807, 2.05) is 12.3 Å². The number of aromatic nitrogens is 4. The monoisotopic (exact) mass is 295 g/mol. The van der Waals surface area contributed by atoms with E-state index in [0.29, 0.717) is 31.8 Å². The van der Waals surface area contributed by atoms with E-state index in [-0.39, 0.29) is 10.8 Å². The fraction of sp³-hybridized carbons (Fsp3) is 0.500. The van der Waals surface area contributed by atoms with Crippen LogP contribution < -0.4 is 4.87 Å². The van der Waals surface area contributed by atoms with Crippen LogP contribution in [0.5, 0.6) is 0 Å². The summed E-state index contributed by atoms with van der Waals surface area (Å²) >= 11 is 1.19. The highest BCUT2D eigenvalue weighted by Crippen LogP contribution is 2.04. The van der Waals surface area contributed by atoms with Crippen LogP contribution in [0.4, 0.5) is 0 Å². The second-order valence-corrected chi connectivity index (χ2v) is 5.40. The highest BCUT2D eigenvalue weighted by molar-refractivity contribution is 7.07. The van der Waals surface area contributed by atoms with Crippen molar-refractivity contribution < 1.29 is 4.79 Å². The Labute approximate surface area is 120 Å². The fourth-order valence-electron chi connectivity index (χ4n) is 1.87. The molecule has 0 aromatic carbocycles. The summed E-state index contributed by atoms with van der Waals surface area (Å²) in [5.41, 5.74) is 0.947. The molecule has 0 bridgehead atoms. The number of thiazole rings is 1. The quantitative estimate of drug-likeness (QED) is 0.853. The Hall–Kier alpha value is -1.96. The number of carbonyl (C=O) groups excluding carboxylic acids is 1. The molecule has 0 spiro atoms. The second-order valence-electron chi connectivity index (χ2n) is 4.58. The Kier molecular flexibility index (Phi) is 4.67. The molecule has 2 aromatic rings. The van der Waals surface area contributed by atoms with E-state index in [1.165, 1.54) is 17.7 Å². The van der Waals surface area contributed by atoms with E-state index in [9.17, 15) is 9.59 Å². The number of carbonyl (C=O) groups is 1. The van der Waals surface area contributed by atoms with E-state index < -0.39 is 0 Å². The fourth-order valence-corrected chi connectivity index (χ4v) is 2.63. The number of H-pyrrole nitrogens is 1. The van der Waals surface area contributed by atoms with Gasteiger partial charge in [0, 0.05) is 31.1 Å². The second kappa shape index (κ2) is 6.47. The highest BCUT2D eigenvalue weighted by atomic mass is 32.1. The molecular formula is C12H17N5O2S. The zero-order valence-electron chi connectivity index (χ0n) is 11.5. The van der Waals surface area contributed by atoms with E-state index in [2.05, 4.69) is 15.2 Å². The maximum atomic E-state index is 11.9. The van der Waals surface area contributed by atoms with Gasteiger partial charge in [0.25, 0.3) is 0 Å². The number of rotatable bonds is 6. The Morgan fingerprint density at radius 1 is 1.55 bits per heavy atom. The first-order chi connectivity index (χ1) is 9.58. The number of nitrogens with one attached hydrogen (secondary N) is 1. The zero-order valence-corrected chi connectivity index (χ0v) is 12.3. The number of hydrogen-bond donors (Lipinski definition) is 1. The molecule has 0 fully saturated rings. The summed E-state index contributed by atoms with van der Waals surface area (Å²) in [6.45, 7) is 2.89. The SMILES string of the molecule is Cc1csc(=O)n1CCCC(=O)N(C)Cc1ncn[nH]1. The Morgan fingerprint density at radius 2 is 2.35 bits per heavy atom. The predicted octanol–water partition coefficient (Wildman–Crippen LogP) is 0.775. The summed E-state index contributed by atoms with van der Waals surface area (Å²) in [6.07, 6.45) is 2.48. The average Bonchev–Trinajstić information content (AvgIpc) is 3.02. The van der Waals surface area contributed by atoms with E-state index in [4.69, 9.17) is 0 Å². The van der Waals surface area contributed by atoms with Crippen molar-refractivity contribution in [2.45, 2.75) is 32.9 Å². The van der Waals surface area contributed by atoms with E-state index >= 15 is 0 Å². The van der Waals surface area contributed by atoms with Gasteiger partial charge in [0.05, 0.1) is 6.54 Å². The van der Waals surface area contributed by atoms with Crippen molar-refractivity contribution >= 4 is 17.2 Å². The molecule has 0 saturated heterocycles. The molecule has 8 heteroatoms. The lowest BCUT2D eigenvalue weighted by molar-refractivity contribution is -0.130. The molecule has 0 aliphatic rings. The number of aromatic amines is 1. The van der Waals surface area contributed by atoms with Crippen LogP contribution >= 0.6 is 11.3 Å². The van der Waals surface area contributed by atoms with Gasteiger partial charge >= 0.3 is 4.87 Å². The molecule has 108 valence electrons. The molecule has 0 unspecified atom stereocenters. The topological polar surface area (TPSA) is 83.9 Å². The minimum atomic E-state index is 0.0299. The van der Waals surface area contributed by atoms with Crippen molar-refractivity contribution in [3.05, 3.63) is 32.9 Å². The standard InChI is InChI=1S/C12H17N5O2S/c1-9-7-20-12(19)17(9)5-3-4-11(18)16(2)6-10-13-8-14-15-10/h7-8H,3-6H2,1-2H3,(H,13,14,15). The van der Waals surface area contributed by atoms with Crippen molar-refractivity contribution in [2.24, 2.45) is 0 Å². The maximum Gasteiger partial charge on any atom is 0.307 e. The molecule has 20 heavy (non-hydrogen) atoms. The number of hydrogen-bond acceptors (Lipinski definition) is 5. The normalized spacial score (nSPS) is 10.7. The molecule has 2 heterocycles. The molecule has 2 rings (SSSR count). The third-order valence-corrected chi connectivity index (χ3v) is 3.91. The van der Waals surface area contributed by atoms with E-state index in [0.717, 1.165) is 5.69 Å². The lowest BCUT2D eigenvalue weighted by Gasteiger charge is -2.15. The summed E-state index contributed by atoms with van der Waals surface area (Å²) in [6, 6.07) is 0.